The fourth-order valence-electron chi connectivity index (χ4n) is 0.344. The highest BCUT2D eigenvalue weighted by Gasteiger charge is 1.86. The molecule has 1 heterocycles. The van der Waals surface area contributed by atoms with Gasteiger partial charge in [0.05, 0.1) is 6.20 Å². The van der Waals surface area contributed by atoms with E-state index in [0.29, 0.717) is 0 Å². The van der Waals surface area contributed by atoms with Gasteiger partial charge in [0.15, 0.2) is 0 Å². The van der Waals surface area contributed by atoms with E-state index in [1.807, 2.05) is 0 Å². The monoisotopic (exact) mass is 98.0 g/mol. The molecule has 3 N–H and O–H groups in total. The summed E-state index contributed by atoms with van der Waals surface area (Å²) in [5.74, 6) is 0.141. The van der Waals surface area contributed by atoms with Crippen LogP contribution in [-0.4, -0.2) is 5.11 Å². The van der Waals surface area contributed by atoms with E-state index >= 15 is 0 Å². The van der Waals surface area contributed by atoms with E-state index < -0.39 is 0 Å². The minimum absolute atomic E-state index is 0.141. The molecule has 0 saturated carbocycles. The first-order chi connectivity index (χ1) is 3.39. The van der Waals surface area contributed by atoms with E-state index in [1.54, 1.807) is 12.4 Å². The molecule has 3 heteroatoms. The van der Waals surface area contributed by atoms with Crippen molar-refractivity contribution in [1.82, 2.24) is 10.6 Å². The summed E-state index contributed by atoms with van der Waals surface area (Å²) in [4.78, 5) is 0. The van der Waals surface area contributed by atoms with Crippen molar-refractivity contribution in [2.45, 2.75) is 0 Å². The summed E-state index contributed by atoms with van der Waals surface area (Å²) < 4.78 is 0. The number of hydrogen-bond acceptors (Lipinski definition) is 3. The SMILES string of the molecule is OC1=CNC=CN1. The van der Waals surface area contributed by atoms with Gasteiger partial charge in [-0.05, 0) is 0 Å². The molecule has 0 aromatic carbocycles. The van der Waals surface area contributed by atoms with Crippen molar-refractivity contribution in [3.63, 3.8) is 0 Å². The molecular weight excluding hydrogens is 92.1 g/mol. The van der Waals surface area contributed by atoms with Crippen molar-refractivity contribution in [3.8, 4) is 0 Å². The summed E-state index contributed by atoms with van der Waals surface area (Å²) in [5, 5.41) is 13.8. The van der Waals surface area contributed by atoms with Crippen LogP contribution in [0.3, 0.4) is 0 Å². The molecule has 7 heavy (non-hydrogen) atoms. The minimum atomic E-state index is 0.141. The van der Waals surface area contributed by atoms with Gasteiger partial charge in [-0.2, -0.15) is 0 Å². The topological polar surface area (TPSA) is 44.3 Å². The Labute approximate surface area is 41.3 Å². The van der Waals surface area contributed by atoms with Crippen molar-refractivity contribution in [2.24, 2.45) is 0 Å². The van der Waals surface area contributed by atoms with Crippen molar-refractivity contribution in [2.75, 3.05) is 0 Å². The molecule has 1 aliphatic rings. The molecule has 0 fully saturated rings. The Kier molecular flexibility index (Phi) is 0.898. The molecule has 0 aromatic rings. The molecule has 38 valence electrons. The molecular formula is C4H6N2O. The third-order valence-corrected chi connectivity index (χ3v) is 0.631. The third kappa shape index (κ3) is 0.855. The van der Waals surface area contributed by atoms with E-state index in [4.69, 9.17) is 5.11 Å². The van der Waals surface area contributed by atoms with Gasteiger partial charge in [-0.25, -0.2) is 0 Å². The second-order valence-electron chi connectivity index (χ2n) is 1.17. The van der Waals surface area contributed by atoms with Gasteiger partial charge in [-0.15, -0.1) is 0 Å². The highest BCUT2D eigenvalue weighted by molar-refractivity contribution is 5.00. The van der Waals surface area contributed by atoms with Crippen LogP contribution in [0.1, 0.15) is 0 Å². The van der Waals surface area contributed by atoms with Crippen LogP contribution in [0.5, 0.6) is 0 Å². The molecule has 0 aliphatic carbocycles. The van der Waals surface area contributed by atoms with E-state index in [-0.39, 0.29) is 5.88 Å². The molecule has 1 rings (SSSR count). The van der Waals surface area contributed by atoms with Gasteiger partial charge in [0, 0.05) is 12.4 Å². The first-order valence-electron chi connectivity index (χ1n) is 1.96. The van der Waals surface area contributed by atoms with Crippen LogP contribution >= 0.6 is 0 Å². The van der Waals surface area contributed by atoms with Crippen LogP contribution in [-0.2, 0) is 0 Å². The lowest BCUT2D eigenvalue weighted by Crippen LogP contribution is -2.13. The zero-order valence-corrected chi connectivity index (χ0v) is 3.68. The van der Waals surface area contributed by atoms with Gasteiger partial charge < -0.3 is 15.7 Å². The molecule has 0 spiro atoms. The Hall–Kier alpha value is -1.12. The average Bonchev–Trinajstić information content (AvgIpc) is 1.69. The Morgan fingerprint density at radius 2 is 2.29 bits per heavy atom. The highest BCUT2D eigenvalue weighted by atomic mass is 16.3. The fraction of sp³-hybridized carbons (Fsp3) is 0. The average molecular weight is 98.1 g/mol. The van der Waals surface area contributed by atoms with Crippen LogP contribution in [0.4, 0.5) is 0 Å². The molecule has 0 aromatic heterocycles. The smallest absolute Gasteiger partial charge is 0.204 e. The lowest BCUT2D eigenvalue weighted by molar-refractivity contribution is 0.375. The van der Waals surface area contributed by atoms with Crippen LogP contribution < -0.4 is 10.6 Å². The number of nitrogens with one attached hydrogen (secondary N) is 2. The predicted molar refractivity (Wildman–Crippen MR) is 26.1 cm³/mol. The summed E-state index contributed by atoms with van der Waals surface area (Å²) in [5.41, 5.74) is 0. The first-order valence-corrected chi connectivity index (χ1v) is 1.96. The lowest BCUT2D eigenvalue weighted by atomic mass is 10.7. The van der Waals surface area contributed by atoms with E-state index in [0.717, 1.165) is 0 Å². The Morgan fingerprint density at radius 1 is 1.43 bits per heavy atom. The molecule has 3 nitrogen and oxygen atoms in total. The van der Waals surface area contributed by atoms with Crippen molar-refractivity contribution in [3.05, 3.63) is 24.5 Å². The van der Waals surface area contributed by atoms with E-state index in [9.17, 15) is 0 Å². The highest BCUT2D eigenvalue weighted by Crippen LogP contribution is 1.82. The van der Waals surface area contributed by atoms with Gasteiger partial charge in [-0.1, -0.05) is 0 Å². The van der Waals surface area contributed by atoms with Gasteiger partial charge in [-0.3, -0.25) is 0 Å². The maximum atomic E-state index is 8.55. The fourth-order valence-corrected chi connectivity index (χ4v) is 0.344. The van der Waals surface area contributed by atoms with Crippen molar-refractivity contribution in [1.29, 1.82) is 0 Å². The Bertz CT molecular complexity index is 117. The molecule has 0 bridgehead atoms. The number of hydrogen-bond donors (Lipinski definition) is 3. The lowest BCUT2D eigenvalue weighted by Gasteiger charge is -2.02. The third-order valence-electron chi connectivity index (χ3n) is 0.631. The van der Waals surface area contributed by atoms with Crippen LogP contribution in [0, 0.1) is 0 Å². The van der Waals surface area contributed by atoms with Crippen LogP contribution in [0.15, 0.2) is 24.5 Å². The Balaban J connectivity index is 2.50. The number of rotatable bonds is 0. The predicted octanol–water partition coefficient (Wildman–Crippen LogP) is 0.00730. The largest absolute Gasteiger partial charge is 0.494 e. The molecule has 0 radical (unpaired) electrons. The summed E-state index contributed by atoms with van der Waals surface area (Å²) in [7, 11) is 0. The van der Waals surface area contributed by atoms with Gasteiger partial charge >= 0.3 is 0 Å². The van der Waals surface area contributed by atoms with Crippen LogP contribution in [0.25, 0.3) is 0 Å². The molecule has 0 atom stereocenters. The zero-order valence-electron chi connectivity index (χ0n) is 3.68. The summed E-state index contributed by atoms with van der Waals surface area (Å²) in [6.07, 6.45) is 4.75. The van der Waals surface area contributed by atoms with Crippen molar-refractivity contribution < 1.29 is 5.11 Å². The van der Waals surface area contributed by atoms with Crippen LogP contribution in [0.2, 0.25) is 0 Å². The van der Waals surface area contributed by atoms with Gasteiger partial charge in [0.25, 0.3) is 0 Å². The molecule has 0 amide bonds. The normalized spacial score (nSPS) is 16.9. The summed E-state index contributed by atoms with van der Waals surface area (Å²) in [6.45, 7) is 0. The molecule has 0 saturated heterocycles. The van der Waals surface area contributed by atoms with Gasteiger partial charge in [0.1, 0.15) is 0 Å². The molecule has 0 unspecified atom stereocenters. The zero-order chi connectivity index (χ0) is 5.11. The van der Waals surface area contributed by atoms with E-state index in [2.05, 4.69) is 10.6 Å². The first kappa shape index (κ1) is 4.05. The standard InChI is InChI=1S/C4H6N2O/c7-4-3-5-1-2-6-4/h1-3,5-7H. The Morgan fingerprint density at radius 3 is 2.57 bits per heavy atom. The quantitative estimate of drug-likeness (QED) is 0.400. The second kappa shape index (κ2) is 1.55. The second-order valence-corrected chi connectivity index (χ2v) is 1.17. The maximum Gasteiger partial charge on any atom is 0.204 e. The molecule has 1 aliphatic heterocycles. The number of aliphatic hydroxyl groups excluding tert-OH is 1. The van der Waals surface area contributed by atoms with Gasteiger partial charge in [0.2, 0.25) is 5.88 Å². The van der Waals surface area contributed by atoms with Crippen molar-refractivity contribution >= 4 is 0 Å². The van der Waals surface area contributed by atoms with E-state index in [1.165, 1.54) is 6.20 Å². The minimum Gasteiger partial charge on any atom is -0.494 e. The maximum absolute atomic E-state index is 8.55. The number of aliphatic hydroxyl groups is 1. The summed E-state index contributed by atoms with van der Waals surface area (Å²) in [6, 6.07) is 0. The summed E-state index contributed by atoms with van der Waals surface area (Å²) >= 11 is 0.